The third-order valence-electron chi connectivity index (χ3n) is 1.90. The molecule has 0 heterocycles. The molecule has 0 amide bonds. The van der Waals surface area contributed by atoms with E-state index in [1.807, 2.05) is 0 Å². The lowest BCUT2D eigenvalue weighted by Crippen LogP contribution is -2.09. The molecule has 0 spiro atoms. The van der Waals surface area contributed by atoms with Crippen molar-refractivity contribution in [2.45, 2.75) is 19.0 Å². The normalized spacial score (nSPS) is 11.5. The van der Waals surface area contributed by atoms with E-state index in [1.165, 1.54) is 12.1 Å². The highest BCUT2D eigenvalue weighted by molar-refractivity contribution is 9.10. The van der Waals surface area contributed by atoms with Gasteiger partial charge in [0.05, 0.1) is 5.56 Å². The fraction of sp³-hybridized carbons (Fsp3) is 0.300. The van der Waals surface area contributed by atoms with Gasteiger partial charge in [0, 0.05) is 10.9 Å². The van der Waals surface area contributed by atoms with E-state index >= 15 is 0 Å². The molecule has 0 aliphatic heterocycles. The molecular weight excluding hydrogens is 273 g/mol. The lowest BCUT2D eigenvalue weighted by atomic mass is 10.0. The van der Waals surface area contributed by atoms with Gasteiger partial charge in [-0.2, -0.15) is 13.2 Å². The maximum atomic E-state index is 12.5. The second-order valence-electron chi connectivity index (χ2n) is 3.00. The van der Waals surface area contributed by atoms with Crippen molar-refractivity contribution in [1.82, 2.24) is 0 Å². The number of carbonyl (C=O) groups excluding carboxylic acids is 1. The number of hydrogen-bond donors (Lipinski definition) is 0. The summed E-state index contributed by atoms with van der Waals surface area (Å²) in [5.41, 5.74) is -0.531. The Morgan fingerprint density at radius 2 is 2.00 bits per heavy atom. The lowest BCUT2D eigenvalue weighted by Gasteiger charge is -2.12. The van der Waals surface area contributed by atoms with Crippen LogP contribution in [0.2, 0.25) is 0 Å². The topological polar surface area (TPSA) is 17.1 Å². The van der Waals surface area contributed by atoms with E-state index in [-0.39, 0.29) is 18.4 Å². The van der Waals surface area contributed by atoms with Crippen LogP contribution in [-0.2, 0) is 17.4 Å². The van der Waals surface area contributed by atoms with Crippen molar-refractivity contribution in [3.8, 4) is 0 Å². The molecule has 1 aromatic rings. The molecule has 0 bridgehead atoms. The summed E-state index contributed by atoms with van der Waals surface area (Å²) in [5, 5.41) is 0. The van der Waals surface area contributed by atoms with Crippen molar-refractivity contribution in [3.05, 3.63) is 33.8 Å². The minimum absolute atomic E-state index is 0.0968. The quantitative estimate of drug-likeness (QED) is 0.774. The van der Waals surface area contributed by atoms with E-state index in [4.69, 9.17) is 0 Å². The maximum Gasteiger partial charge on any atom is 0.416 e. The van der Waals surface area contributed by atoms with Crippen molar-refractivity contribution in [1.29, 1.82) is 0 Å². The molecule has 0 radical (unpaired) electrons. The Balaban J connectivity index is 3.08. The summed E-state index contributed by atoms with van der Waals surface area (Å²) in [7, 11) is 0. The first-order valence-corrected chi connectivity index (χ1v) is 5.03. The third kappa shape index (κ3) is 3.34. The van der Waals surface area contributed by atoms with Crippen LogP contribution in [-0.4, -0.2) is 6.29 Å². The number of alkyl halides is 3. The van der Waals surface area contributed by atoms with Gasteiger partial charge in [-0.05, 0) is 30.2 Å². The molecule has 1 rings (SSSR count). The number of carbonyl (C=O) groups is 1. The van der Waals surface area contributed by atoms with Gasteiger partial charge in [0.1, 0.15) is 6.29 Å². The van der Waals surface area contributed by atoms with Gasteiger partial charge in [0.15, 0.2) is 0 Å². The summed E-state index contributed by atoms with van der Waals surface area (Å²) < 4.78 is 38.1. The van der Waals surface area contributed by atoms with Gasteiger partial charge in [-0.15, -0.1) is 0 Å². The van der Waals surface area contributed by atoms with Crippen LogP contribution in [0.15, 0.2) is 22.7 Å². The van der Waals surface area contributed by atoms with Crippen LogP contribution < -0.4 is 0 Å². The molecule has 0 aliphatic carbocycles. The first kappa shape index (κ1) is 12.2. The van der Waals surface area contributed by atoms with E-state index in [1.54, 1.807) is 0 Å². The molecule has 0 saturated heterocycles. The summed E-state index contributed by atoms with van der Waals surface area (Å²) in [6.45, 7) is 0. The van der Waals surface area contributed by atoms with Gasteiger partial charge in [0.2, 0.25) is 0 Å². The zero-order chi connectivity index (χ0) is 11.5. The van der Waals surface area contributed by atoms with Gasteiger partial charge < -0.3 is 4.79 Å². The van der Waals surface area contributed by atoms with Crippen LogP contribution in [0.5, 0.6) is 0 Å². The zero-order valence-electron chi connectivity index (χ0n) is 7.64. The van der Waals surface area contributed by atoms with Crippen LogP contribution in [0.3, 0.4) is 0 Å². The Hall–Kier alpha value is -0.840. The first-order chi connectivity index (χ1) is 6.95. The number of benzene rings is 1. The number of halogens is 4. The van der Waals surface area contributed by atoms with Crippen molar-refractivity contribution in [2.24, 2.45) is 0 Å². The molecular formula is C10H8BrF3O. The molecule has 0 atom stereocenters. The van der Waals surface area contributed by atoms with E-state index in [0.717, 1.165) is 6.07 Å². The summed E-state index contributed by atoms with van der Waals surface area (Å²) in [6.07, 6.45) is -3.54. The molecule has 82 valence electrons. The Kier molecular flexibility index (Phi) is 3.90. The van der Waals surface area contributed by atoms with Crippen molar-refractivity contribution >= 4 is 22.2 Å². The lowest BCUT2D eigenvalue weighted by molar-refractivity contribution is -0.138. The van der Waals surface area contributed by atoms with Gasteiger partial charge >= 0.3 is 6.18 Å². The highest BCUT2D eigenvalue weighted by Crippen LogP contribution is 2.33. The molecule has 0 unspecified atom stereocenters. The Morgan fingerprint density at radius 1 is 1.33 bits per heavy atom. The third-order valence-corrected chi connectivity index (χ3v) is 2.40. The molecule has 0 fully saturated rings. The average molecular weight is 281 g/mol. The highest BCUT2D eigenvalue weighted by Gasteiger charge is 2.32. The Labute approximate surface area is 93.4 Å². The number of aryl methyl sites for hydroxylation is 1. The molecule has 15 heavy (non-hydrogen) atoms. The molecule has 0 N–H and O–H groups in total. The smallest absolute Gasteiger partial charge is 0.303 e. The predicted octanol–water partition coefficient (Wildman–Crippen LogP) is 3.60. The average Bonchev–Trinajstić information content (AvgIpc) is 2.12. The van der Waals surface area contributed by atoms with Crippen LogP contribution in [0.1, 0.15) is 17.5 Å². The predicted molar refractivity (Wildman–Crippen MR) is 53.5 cm³/mol. The van der Waals surface area contributed by atoms with Crippen LogP contribution in [0.4, 0.5) is 13.2 Å². The highest BCUT2D eigenvalue weighted by atomic mass is 79.9. The van der Waals surface area contributed by atoms with Crippen molar-refractivity contribution in [2.75, 3.05) is 0 Å². The molecule has 0 aliphatic rings. The van der Waals surface area contributed by atoms with E-state index in [2.05, 4.69) is 15.9 Å². The summed E-state index contributed by atoms with van der Waals surface area (Å²) in [5.74, 6) is 0. The fourth-order valence-corrected chi connectivity index (χ4v) is 1.67. The SMILES string of the molecule is O=CCCc1cc(Br)ccc1C(F)(F)F. The van der Waals surface area contributed by atoms with E-state index in [0.29, 0.717) is 10.8 Å². The number of rotatable bonds is 3. The van der Waals surface area contributed by atoms with Crippen LogP contribution in [0.25, 0.3) is 0 Å². The van der Waals surface area contributed by atoms with E-state index < -0.39 is 11.7 Å². The minimum atomic E-state index is -4.36. The maximum absolute atomic E-state index is 12.5. The monoisotopic (exact) mass is 280 g/mol. The minimum Gasteiger partial charge on any atom is -0.303 e. The molecule has 1 aromatic carbocycles. The summed E-state index contributed by atoms with van der Waals surface area (Å²) >= 11 is 3.10. The fourth-order valence-electron chi connectivity index (χ4n) is 1.26. The zero-order valence-corrected chi connectivity index (χ0v) is 9.23. The second kappa shape index (κ2) is 4.79. The van der Waals surface area contributed by atoms with E-state index in [9.17, 15) is 18.0 Å². The van der Waals surface area contributed by atoms with Crippen molar-refractivity contribution in [3.63, 3.8) is 0 Å². The van der Waals surface area contributed by atoms with Crippen LogP contribution in [0, 0.1) is 0 Å². The Morgan fingerprint density at radius 3 is 2.53 bits per heavy atom. The van der Waals surface area contributed by atoms with Crippen LogP contribution >= 0.6 is 15.9 Å². The number of aldehydes is 1. The van der Waals surface area contributed by atoms with Gasteiger partial charge in [-0.3, -0.25) is 0 Å². The van der Waals surface area contributed by atoms with Gasteiger partial charge in [-0.1, -0.05) is 15.9 Å². The Bertz CT molecular complexity index is 360. The first-order valence-electron chi connectivity index (χ1n) is 4.24. The van der Waals surface area contributed by atoms with Gasteiger partial charge in [-0.25, -0.2) is 0 Å². The summed E-state index contributed by atoms with van der Waals surface area (Å²) in [4.78, 5) is 10.1. The molecule has 5 heteroatoms. The van der Waals surface area contributed by atoms with Crippen molar-refractivity contribution < 1.29 is 18.0 Å². The van der Waals surface area contributed by atoms with Gasteiger partial charge in [0.25, 0.3) is 0 Å². The molecule has 0 aromatic heterocycles. The largest absolute Gasteiger partial charge is 0.416 e. The number of hydrogen-bond acceptors (Lipinski definition) is 1. The molecule has 0 saturated carbocycles. The second-order valence-corrected chi connectivity index (χ2v) is 3.92. The molecule has 1 nitrogen and oxygen atoms in total. The summed E-state index contributed by atoms with van der Waals surface area (Å²) in [6, 6.07) is 3.75. The standard InChI is InChI=1S/C10H8BrF3O/c11-8-3-4-9(10(12,13)14)7(6-8)2-1-5-15/h3-6H,1-2H2.